The third-order valence-corrected chi connectivity index (χ3v) is 6.62. The molecule has 3 aromatic carbocycles. The number of hydrogen-bond acceptors (Lipinski definition) is 5. The van der Waals surface area contributed by atoms with E-state index in [0.717, 1.165) is 11.0 Å². The third-order valence-electron chi connectivity index (χ3n) is 4.85. The lowest BCUT2D eigenvalue weighted by Crippen LogP contribution is -2.29. The van der Waals surface area contributed by atoms with Crippen molar-refractivity contribution in [2.24, 2.45) is 0 Å². The number of anilines is 1. The zero-order valence-electron chi connectivity index (χ0n) is 15.8. The molecule has 0 saturated carbocycles. The van der Waals surface area contributed by atoms with Gasteiger partial charge in [-0.3, -0.25) is 9.59 Å². The van der Waals surface area contributed by atoms with Gasteiger partial charge in [0, 0.05) is 5.56 Å². The van der Waals surface area contributed by atoms with E-state index < -0.39 is 27.6 Å². The van der Waals surface area contributed by atoms with Crippen molar-refractivity contribution < 1.29 is 27.9 Å². The van der Waals surface area contributed by atoms with Crippen molar-refractivity contribution in [2.45, 2.75) is 9.79 Å². The van der Waals surface area contributed by atoms with Crippen LogP contribution in [-0.4, -0.2) is 31.3 Å². The van der Waals surface area contributed by atoms with Crippen LogP contribution >= 0.6 is 0 Å². The number of imide groups is 1. The Balaban J connectivity index is 1.74. The molecule has 8 heteroatoms. The summed E-state index contributed by atoms with van der Waals surface area (Å²) < 4.78 is 25.9. The highest BCUT2D eigenvalue weighted by Gasteiger charge is 2.37. The van der Waals surface area contributed by atoms with Crippen LogP contribution in [0.15, 0.2) is 76.5 Å². The second-order valence-corrected chi connectivity index (χ2v) is 8.63. The molecule has 0 unspecified atom stereocenters. The molecule has 152 valence electrons. The van der Waals surface area contributed by atoms with Gasteiger partial charge < -0.3 is 5.11 Å². The van der Waals surface area contributed by atoms with Gasteiger partial charge in [-0.05, 0) is 60.7 Å². The normalized spacial score (nSPS) is 13.1. The molecular weight excluding hydrogens is 418 g/mol. The highest BCUT2D eigenvalue weighted by atomic mass is 32.2. The molecule has 0 bridgehead atoms. The van der Waals surface area contributed by atoms with E-state index in [1.54, 1.807) is 18.2 Å². The van der Waals surface area contributed by atoms with Gasteiger partial charge in [0.15, 0.2) is 0 Å². The van der Waals surface area contributed by atoms with Gasteiger partial charge in [-0.25, -0.2) is 18.1 Å². The predicted octanol–water partition coefficient (Wildman–Crippen LogP) is 3.00. The molecule has 0 spiro atoms. The fourth-order valence-electron chi connectivity index (χ4n) is 3.27. The molecule has 1 aliphatic rings. The largest absolute Gasteiger partial charge is 0.478 e. The minimum atomic E-state index is -4.04. The maximum Gasteiger partial charge on any atom is 0.335 e. The Morgan fingerprint density at radius 2 is 1.52 bits per heavy atom. The van der Waals surface area contributed by atoms with E-state index in [1.807, 2.05) is 0 Å². The molecule has 0 fully saturated rings. The Labute approximate surface area is 177 Å². The first kappa shape index (κ1) is 20.1. The van der Waals surface area contributed by atoms with E-state index in [-0.39, 0.29) is 32.2 Å². The molecular formula is C23H13NO6S. The Hall–Kier alpha value is -4.22. The summed E-state index contributed by atoms with van der Waals surface area (Å²) in [6.45, 7) is 0. The van der Waals surface area contributed by atoms with Gasteiger partial charge in [0.2, 0.25) is 9.84 Å². The smallest absolute Gasteiger partial charge is 0.335 e. The number of nitrogens with zero attached hydrogens (tertiary/aromatic N) is 1. The molecule has 7 nitrogen and oxygen atoms in total. The quantitative estimate of drug-likeness (QED) is 0.503. The second kappa shape index (κ2) is 7.23. The average Bonchev–Trinajstić information content (AvgIpc) is 3.03. The lowest BCUT2D eigenvalue weighted by Gasteiger charge is -2.13. The lowest BCUT2D eigenvalue weighted by atomic mass is 10.1. The summed E-state index contributed by atoms with van der Waals surface area (Å²) in [6.07, 6.45) is 5.38. The van der Waals surface area contributed by atoms with Crippen molar-refractivity contribution in [1.82, 2.24) is 0 Å². The van der Waals surface area contributed by atoms with Gasteiger partial charge in [-0.1, -0.05) is 12.0 Å². The number of fused-ring (bicyclic) bond motifs is 1. The number of benzene rings is 3. The summed E-state index contributed by atoms with van der Waals surface area (Å²) in [5.41, 5.74) is 0.756. The number of carbonyl (C=O) groups excluding carboxylic acids is 2. The number of hydrogen-bond donors (Lipinski definition) is 1. The molecule has 0 atom stereocenters. The molecule has 4 rings (SSSR count). The Kier molecular flexibility index (Phi) is 4.68. The topological polar surface area (TPSA) is 109 Å². The van der Waals surface area contributed by atoms with E-state index in [2.05, 4.69) is 5.92 Å². The fraction of sp³-hybridized carbons (Fsp3) is 0. The van der Waals surface area contributed by atoms with Crippen molar-refractivity contribution in [1.29, 1.82) is 0 Å². The van der Waals surface area contributed by atoms with Crippen LogP contribution in [0.25, 0.3) is 0 Å². The van der Waals surface area contributed by atoms with Gasteiger partial charge in [0.25, 0.3) is 11.8 Å². The van der Waals surface area contributed by atoms with Crippen LogP contribution in [0.1, 0.15) is 36.6 Å². The summed E-state index contributed by atoms with van der Waals surface area (Å²) in [4.78, 5) is 37.3. The summed E-state index contributed by atoms with van der Waals surface area (Å²) in [5, 5.41) is 8.97. The van der Waals surface area contributed by atoms with Crippen LogP contribution in [0, 0.1) is 12.3 Å². The molecule has 1 heterocycles. The molecule has 31 heavy (non-hydrogen) atoms. The minimum absolute atomic E-state index is 0.0423. The SMILES string of the molecule is C#Cc1cccc(N2C(=O)c3ccc(S(=O)(=O)c4ccc(C(=O)O)cc4)cc3C2=O)c1. The lowest BCUT2D eigenvalue weighted by molar-refractivity contribution is 0.0696. The fourth-order valence-corrected chi connectivity index (χ4v) is 4.56. The summed E-state index contributed by atoms with van der Waals surface area (Å²) in [6, 6.07) is 14.7. The number of carbonyl (C=O) groups is 3. The average molecular weight is 431 g/mol. The molecule has 2 amide bonds. The van der Waals surface area contributed by atoms with Crippen LogP contribution in [0.4, 0.5) is 5.69 Å². The Bertz CT molecular complexity index is 1420. The van der Waals surface area contributed by atoms with Crippen LogP contribution < -0.4 is 4.90 Å². The van der Waals surface area contributed by atoms with Gasteiger partial charge in [0.1, 0.15) is 0 Å². The van der Waals surface area contributed by atoms with E-state index in [4.69, 9.17) is 11.5 Å². The maximum absolute atomic E-state index is 13.0. The summed E-state index contributed by atoms with van der Waals surface area (Å²) in [7, 11) is -4.04. The maximum atomic E-state index is 13.0. The van der Waals surface area contributed by atoms with Gasteiger partial charge >= 0.3 is 5.97 Å². The van der Waals surface area contributed by atoms with E-state index in [1.165, 1.54) is 42.5 Å². The molecule has 0 aliphatic carbocycles. The first-order valence-corrected chi connectivity index (χ1v) is 10.4. The van der Waals surface area contributed by atoms with Crippen LogP contribution in [0.3, 0.4) is 0 Å². The number of rotatable bonds is 4. The zero-order valence-corrected chi connectivity index (χ0v) is 16.6. The van der Waals surface area contributed by atoms with Crippen molar-refractivity contribution in [3.63, 3.8) is 0 Å². The van der Waals surface area contributed by atoms with E-state index in [9.17, 15) is 22.8 Å². The second-order valence-electron chi connectivity index (χ2n) is 6.68. The van der Waals surface area contributed by atoms with Crippen molar-refractivity contribution in [2.75, 3.05) is 4.90 Å². The molecule has 0 saturated heterocycles. The zero-order chi connectivity index (χ0) is 22.3. The number of terminal acetylenes is 1. The van der Waals surface area contributed by atoms with Gasteiger partial charge in [0.05, 0.1) is 32.2 Å². The van der Waals surface area contributed by atoms with E-state index >= 15 is 0 Å². The van der Waals surface area contributed by atoms with E-state index in [0.29, 0.717) is 5.56 Å². The first-order chi connectivity index (χ1) is 14.7. The van der Waals surface area contributed by atoms with Gasteiger partial charge in [-0.2, -0.15) is 0 Å². The van der Waals surface area contributed by atoms with Crippen molar-refractivity contribution >= 4 is 33.3 Å². The summed E-state index contributed by atoms with van der Waals surface area (Å²) >= 11 is 0. The molecule has 3 aromatic rings. The number of carboxylic acids is 1. The Morgan fingerprint density at radius 1 is 0.871 bits per heavy atom. The highest BCUT2D eigenvalue weighted by Crippen LogP contribution is 2.32. The van der Waals surface area contributed by atoms with Crippen molar-refractivity contribution in [3.8, 4) is 12.3 Å². The van der Waals surface area contributed by atoms with Crippen LogP contribution in [0.5, 0.6) is 0 Å². The van der Waals surface area contributed by atoms with Crippen LogP contribution in [-0.2, 0) is 9.84 Å². The minimum Gasteiger partial charge on any atom is -0.478 e. The molecule has 1 aliphatic heterocycles. The van der Waals surface area contributed by atoms with Crippen LogP contribution in [0.2, 0.25) is 0 Å². The monoisotopic (exact) mass is 431 g/mol. The van der Waals surface area contributed by atoms with Gasteiger partial charge in [-0.15, -0.1) is 6.42 Å². The number of carboxylic acid groups (broad SMARTS) is 1. The molecule has 1 N–H and O–H groups in total. The standard InChI is InChI=1S/C23H13NO6S/c1-2-14-4-3-5-16(12-14)24-21(25)19-11-10-18(13-20(19)22(24)26)31(29,30)17-8-6-15(7-9-17)23(27)28/h1,3-13H,(H,27,28). The number of amides is 2. The first-order valence-electron chi connectivity index (χ1n) is 8.92. The molecule has 0 radical (unpaired) electrons. The van der Waals surface area contributed by atoms with Crippen molar-refractivity contribution in [3.05, 3.63) is 89.0 Å². The number of aromatic carboxylic acids is 1. The molecule has 0 aromatic heterocycles. The number of sulfone groups is 1. The Morgan fingerprint density at radius 3 is 2.16 bits per heavy atom. The highest BCUT2D eigenvalue weighted by molar-refractivity contribution is 7.91. The summed E-state index contributed by atoms with van der Waals surface area (Å²) in [5.74, 6) is 0.0140. The predicted molar refractivity (Wildman–Crippen MR) is 111 cm³/mol. The third kappa shape index (κ3) is 3.27.